The fraction of sp³-hybridized carbons (Fsp3) is 0.364. The van der Waals surface area contributed by atoms with E-state index in [-0.39, 0.29) is 29.9 Å². The van der Waals surface area contributed by atoms with Crippen molar-refractivity contribution in [2.45, 2.75) is 31.6 Å². The van der Waals surface area contributed by atoms with E-state index in [1.165, 1.54) is 10.4 Å². The van der Waals surface area contributed by atoms with Crippen LogP contribution in [0.3, 0.4) is 0 Å². The molecule has 4 rings (SSSR count). The summed E-state index contributed by atoms with van der Waals surface area (Å²) in [6, 6.07) is 10.6. The summed E-state index contributed by atoms with van der Waals surface area (Å²) in [5, 5.41) is 5.61. The molecule has 2 aliphatic rings. The minimum atomic E-state index is -3.83. The number of amides is 2. The number of para-hydroxylation sites is 1. The zero-order chi connectivity index (χ0) is 22.2. The van der Waals surface area contributed by atoms with Gasteiger partial charge in [-0.1, -0.05) is 18.2 Å². The molecule has 0 spiro atoms. The van der Waals surface area contributed by atoms with Gasteiger partial charge in [-0.05, 0) is 49.9 Å². The number of rotatable bonds is 4. The summed E-state index contributed by atoms with van der Waals surface area (Å²) in [6.45, 7) is 3.91. The van der Waals surface area contributed by atoms with E-state index in [1.54, 1.807) is 13.0 Å². The first-order valence-electron chi connectivity index (χ1n) is 10.2. The van der Waals surface area contributed by atoms with Crippen molar-refractivity contribution in [2.75, 3.05) is 30.3 Å². The molecule has 2 heterocycles. The van der Waals surface area contributed by atoms with Gasteiger partial charge in [0.05, 0.1) is 16.5 Å². The van der Waals surface area contributed by atoms with E-state index >= 15 is 0 Å². The maximum Gasteiger partial charge on any atom is 0.262 e. The van der Waals surface area contributed by atoms with E-state index in [0.29, 0.717) is 36.4 Å². The Balaban J connectivity index is 1.54. The molecule has 9 heteroatoms. The Kier molecular flexibility index (Phi) is 5.72. The fourth-order valence-corrected chi connectivity index (χ4v) is 5.70. The summed E-state index contributed by atoms with van der Waals surface area (Å²) in [7, 11) is -3.83. The Bertz CT molecular complexity index is 1150. The van der Waals surface area contributed by atoms with Crippen LogP contribution in [0.5, 0.6) is 5.75 Å². The Morgan fingerprint density at radius 2 is 1.97 bits per heavy atom. The topological polar surface area (TPSA) is 105 Å². The number of nitrogens with one attached hydrogen (secondary N) is 2. The van der Waals surface area contributed by atoms with Gasteiger partial charge in [-0.2, -0.15) is 4.31 Å². The number of aryl methyl sites for hydroxylation is 2. The van der Waals surface area contributed by atoms with Crippen molar-refractivity contribution in [3.8, 4) is 5.75 Å². The summed E-state index contributed by atoms with van der Waals surface area (Å²) < 4.78 is 33.5. The maximum atomic E-state index is 13.4. The van der Waals surface area contributed by atoms with Crippen LogP contribution in [0.4, 0.5) is 11.4 Å². The van der Waals surface area contributed by atoms with E-state index < -0.39 is 15.9 Å². The van der Waals surface area contributed by atoms with Gasteiger partial charge < -0.3 is 15.4 Å². The number of fused-ring (bicyclic) bond motifs is 1. The number of sulfonamides is 1. The number of hydrogen-bond donors (Lipinski definition) is 2. The van der Waals surface area contributed by atoms with Gasteiger partial charge in [-0.3, -0.25) is 9.59 Å². The largest absolute Gasteiger partial charge is 0.482 e. The Morgan fingerprint density at radius 1 is 1.19 bits per heavy atom. The van der Waals surface area contributed by atoms with Crippen LogP contribution in [0.1, 0.15) is 24.0 Å². The highest BCUT2D eigenvalue weighted by Crippen LogP contribution is 2.35. The zero-order valence-corrected chi connectivity index (χ0v) is 18.3. The van der Waals surface area contributed by atoms with Crippen molar-refractivity contribution in [3.63, 3.8) is 0 Å². The SMILES string of the molecule is Cc1ccccc1NC(=O)[C@H]1CCCN(S(=O)(=O)c2cc3c(cc2C)NC(=O)CO3)C1. The Hall–Kier alpha value is -2.91. The Morgan fingerprint density at radius 3 is 2.74 bits per heavy atom. The number of hydrogen-bond acceptors (Lipinski definition) is 5. The fourth-order valence-electron chi connectivity index (χ4n) is 3.96. The molecule has 0 bridgehead atoms. The quantitative estimate of drug-likeness (QED) is 0.756. The summed E-state index contributed by atoms with van der Waals surface area (Å²) in [5.74, 6) is -0.560. The van der Waals surface area contributed by atoms with Crippen molar-refractivity contribution < 1.29 is 22.7 Å². The van der Waals surface area contributed by atoms with Crippen LogP contribution < -0.4 is 15.4 Å². The number of carbonyl (C=O) groups is 2. The van der Waals surface area contributed by atoms with Crippen molar-refractivity contribution in [3.05, 3.63) is 47.5 Å². The summed E-state index contributed by atoms with van der Waals surface area (Å²) in [5.41, 5.74) is 2.66. The molecule has 164 valence electrons. The lowest BCUT2D eigenvalue weighted by atomic mass is 9.98. The second-order valence-corrected chi connectivity index (χ2v) is 9.86. The molecule has 31 heavy (non-hydrogen) atoms. The van der Waals surface area contributed by atoms with Gasteiger partial charge in [0.15, 0.2) is 6.61 Å². The number of carbonyl (C=O) groups excluding carboxylic acids is 2. The van der Waals surface area contributed by atoms with E-state index in [0.717, 1.165) is 11.3 Å². The predicted octanol–water partition coefficient (Wildman–Crippen LogP) is 2.67. The molecule has 1 saturated heterocycles. The maximum absolute atomic E-state index is 13.4. The summed E-state index contributed by atoms with van der Waals surface area (Å²) >= 11 is 0. The summed E-state index contributed by atoms with van der Waals surface area (Å²) in [4.78, 5) is 24.5. The molecule has 0 aliphatic carbocycles. The molecule has 0 aromatic heterocycles. The first-order chi connectivity index (χ1) is 14.8. The number of nitrogens with zero attached hydrogens (tertiary/aromatic N) is 1. The molecule has 2 aromatic rings. The van der Waals surface area contributed by atoms with Gasteiger partial charge in [-0.15, -0.1) is 0 Å². The highest BCUT2D eigenvalue weighted by Gasteiger charge is 2.35. The molecule has 0 radical (unpaired) electrons. The molecule has 2 aromatic carbocycles. The molecule has 1 fully saturated rings. The second kappa shape index (κ2) is 8.32. The first kappa shape index (κ1) is 21.3. The third kappa shape index (κ3) is 4.28. The molecule has 0 unspecified atom stereocenters. The lowest BCUT2D eigenvalue weighted by molar-refractivity contribution is -0.121. The number of piperidine rings is 1. The van der Waals surface area contributed by atoms with Gasteiger partial charge in [0, 0.05) is 24.8 Å². The van der Waals surface area contributed by atoms with Crippen LogP contribution in [0.15, 0.2) is 41.3 Å². The molecule has 1 atom stereocenters. The monoisotopic (exact) mass is 443 g/mol. The third-order valence-corrected chi connectivity index (χ3v) is 7.69. The summed E-state index contributed by atoms with van der Waals surface area (Å²) in [6.07, 6.45) is 1.23. The molecular formula is C22H25N3O5S. The average molecular weight is 444 g/mol. The van der Waals surface area contributed by atoms with Gasteiger partial charge in [-0.25, -0.2) is 8.42 Å². The van der Waals surface area contributed by atoms with Crippen molar-refractivity contribution >= 4 is 33.2 Å². The van der Waals surface area contributed by atoms with Crippen molar-refractivity contribution in [1.82, 2.24) is 4.31 Å². The smallest absolute Gasteiger partial charge is 0.262 e. The van der Waals surface area contributed by atoms with Crippen LogP contribution in [0, 0.1) is 19.8 Å². The van der Waals surface area contributed by atoms with Crippen LogP contribution in [-0.2, 0) is 19.6 Å². The van der Waals surface area contributed by atoms with E-state index in [1.807, 2.05) is 31.2 Å². The third-order valence-electron chi connectivity index (χ3n) is 5.69. The minimum absolute atomic E-state index is 0.119. The lowest BCUT2D eigenvalue weighted by Crippen LogP contribution is -2.44. The number of benzene rings is 2. The first-order valence-corrected chi connectivity index (χ1v) is 11.6. The van der Waals surface area contributed by atoms with Gasteiger partial charge in [0.25, 0.3) is 5.91 Å². The highest BCUT2D eigenvalue weighted by atomic mass is 32.2. The van der Waals surface area contributed by atoms with Crippen LogP contribution >= 0.6 is 0 Å². The predicted molar refractivity (Wildman–Crippen MR) is 117 cm³/mol. The van der Waals surface area contributed by atoms with E-state index in [9.17, 15) is 18.0 Å². The lowest BCUT2D eigenvalue weighted by Gasteiger charge is -2.32. The van der Waals surface area contributed by atoms with E-state index in [2.05, 4.69) is 10.6 Å². The molecule has 8 nitrogen and oxygen atoms in total. The standard InChI is InChI=1S/C22H25N3O5S/c1-14-6-3-4-8-17(14)24-22(27)16-7-5-9-25(12-16)31(28,29)20-11-19-18(10-15(20)2)23-21(26)13-30-19/h3-4,6,8,10-11,16H,5,7,9,12-13H2,1-2H3,(H,23,26)(H,24,27)/t16-/m0/s1. The minimum Gasteiger partial charge on any atom is -0.482 e. The average Bonchev–Trinajstić information content (AvgIpc) is 2.74. The molecule has 2 amide bonds. The molecule has 2 aliphatic heterocycles. The van der Waals surface area contributed by atoms with Crippen LogP contribution in [0.2, 0.25) is 0 Å². The van der Waals surface area contributed by atoms with Crippen LogP contribution in [-0.4, -0.2) is 44.2 Å². The van der Waals surface area contributed by atoms with E-state index in [4.69, 9.17) is 4.74 Å². The van der Waals surface area contributed by atoms with Crippen molar-refractivity contribution in [2.24, 2.45) is 5.92 Å². The Labute approximate surface area is 181 Å². The zero-order valence-electron chi connectivity index (χ0n) is 17.5. The molecule has 0 saturated carbocycles. The number of anilines is 2. The molecule has 2 N–H and O–H groups in total. The van der Waals surface area contributed by atoms with Gasteiger partial charge >= 0.3 is 0 Å². The van der Waals surface area contributed by atoms with Crippen LogP contribution in [0.25, 0.3) is 0 Å². The second-order valence-electron chi connectivity index (χ2n) is 7.96. The van der Waals surface area contributed by atoms with Crippen molar-refractivity contribution in [1.29, 1.82) is 0 Å². The molecular weight excluding hydrogens is 418 g/mol. The normalized spacial score (nSPS) is 19.2. The number of ether oxygens (including phenoxy) is 1. The van der Waals surface area contributed by atoms with Gasteiger partial charge in [0.1, 0.15) is 5.75 Å². The van der Waals surface area contributed by atoms with Gasteiger partial charge in [0.2, 0.25) is 15.9 Å². The highest BCUT2D eigenvalue weighted by molar-refractivity contribution is 7.89.